The lowest BCUT2D eigenvalue weighted by Gasteiger charge is -2.34. The number of hydrogen-bond acceptors (Lipinski definition) is 3. The Morgan fingerprint density at radius 1 is 0.857 bits per heavy atom. The highest BCUT2D eigenvalue weighted by atomic mass is 15.3. The maximum atomic E-state index is 4.38. The topological polar surface area (TPSA) is 19.4 Å². The van der Waals surface area contributed by atoms with Gasteiger partial charge in [0.05, 0.1) is 0 Å². The minimum atomic E-state index is 1.03. The van der Waals surface area contributed by atoms with Gasteiger partial charge in [-0.15, -0.1) is 0 Å². The molecular weight excluding hydrogens is 258 g/mol. The minimum Gasteiger partial charge on any atom is -0.297 e. The van der Waals surface area contributed by atoms with E-state index < -0.39 is 0 Å². The largest absolute Gasteiger partial charge is 0.297 e. The van der Waals surface area contributed by atoms with E-state index in [-0.39, 0.29) is 0 Å². The number of nitrogens with zero attached hydrogens (tertiary/aromatic N) is 3. The Morgan fingerprint density at radius 3 is 2.19 bits per heavy atom. The molecule has 0 amide bonds. The Labute approximate surface area is 127 Å². The van der Waals surface area contributed by atoms with Crippen LogP contribution in [0.15, 0.2) is 48.7 Å². The molecule has 110 valence electrons. The molecule has 1 aromatic carbocycles. The van der Waals surface area contributed by atoms with Gasteiger partial charge in [0.25, 0.3) is 0 Å². The molecule has 2 aromatic rings. The van der Waals surface area contributed by atoms with Gasteiger partial charge in [0.15, 0.2) is 0 Å². The highest BCUT2D eigenvalue weighted by molar-refractivity contribution is 5.18. The van der Waals surface area contributed by atoms with Gasteiger partial charge in [-0.25, -0.2) is 0 Å². The van der Waals surface area contributed by atoms with Crippen LogP contribution in [0.1, 0.15) is 16.8 Å². The second kappa shape index (κ2) is 6.83. The van der Waals surface area contributed by atoms with E-state index in [2.05, 4.69) is 58.1 Å². The number of hydrogen-bond donors (Lipinski definition) is 0. The first-order chi connectivity index (χ1) is 10.3. The summed E-state index contributed by atoms with van der Waals surface area (Å²) in [5, 5.41) is 0. The molecule has 3 rings (SSSR count). The predicted octanol–water partition coefficient (Wildman–Crippen LogP) is 2.71. The SMILES string of the molecule is Cc1ncccc1CN1CCN(Cc2ccccc2)CC1. The Morgan fingerprint density at radius 2 is 1.52 bits per heavy atom. The second-order valence-corrected chi connectivity index (χ2v) is 5.79. The minimum absolute atomic E-state index is 1.03. The van der Waals surface area contributed by atoms with Crippen LogP contribution in [0, 0.1) is 6.92 Å². The smallest absolute Gasteiger partial charge is 0.0417 e. The molecule has 1 aliphatic rings. The Bertz CT molecular complexity index is 560. The quantitative estimate of drug-likeness (QED) is 0.859. The molecule has 0 spiro atoms. The molecule has 0 unspecified atom stereocenters. The molecule has 1 fully saturated rings. The fourth-order valence-electron chi connectivity index (χ4n) is 2.87. The van der Waals surface area contributed by atoms with Gasteiger partial charge < -0.3 is 0 Å². The maximum absolute atomic E-state index is 4.38. The van der Waals surface area contributed by atoms with E-state index in [1.54, 1.807) is 0 Å². The predicted molar refractivity (Wildman–Crippen MR) is 86.0 cm³/mol. The number of aromatic nitrogens is 1. The average molecular weight is 281 g/mol. The van der Waals surface area contributed by atoms with Crippen LogP contribution in [-0.4, -0.2) is 41.0 Å². The van der Waals surface area contributed by atoms with E-state index in [0.717, 1.165) is 45.0 Å². The van der Waals surface area contributed by atoms with Crippen LogP contribution < -0.4 is 0 Å². The van der Waals surface area contributed by atoms with Crippen molar-refractivity contribution >= 4 is 0 Å². The summed E-state index contributed by atoms with van der Waals surface area (Å²) >= 11 is 0. The molecule has 1 aliphatic heterocycles. The summed E-state index contributed by atoms with van der Waals surface area (Å²) in [5.41, 5.74) is 3.92. The van der Waals surface area contributed by atoms with Gasteiger partial charge >= 0.3 is 0 Å². The number of aryl methyl sites for hydroxylation is 1. The van der Waals surface area contributed by atoms with E-state index in [0.29, 0.717) is 0 Å². The summed E-state index contributed by atoms with van der Waals surface area (Å²) in [7, 11) is 0. The van der Waals surface area contributed by atoms with E-state index in [4.69, 9.17) is 0 Å². The van der Waals surface area contributed by atoms with Gasteiger partial charge in [0.1, 0.15) is 0 Å². The Balaban J connectivity index is 1.50. The highest BCUT2D eigenvalue weighted by Gasteiger charge is 2.17. The van der Waals surface area contributed by atoms with Crippen molar-refractivity contribution in [2.24, 2.45) is 0 Å². The van der Waals surface area contributed by atoms with Crippen molar-refractivity contribution in [1.82, 2.24) is 14.8 Å². The van der Waals surface area contributed by atoms with E-state index >= 15 is 0 Å². The normalized spacial score (nSPS) is 17.0. The fourth-order valence-corrected chi connectivity index (χ4v) is 2.87. The van der Waals surface area contributed by atoms with Crippen molar-refractivity contribution in [3.63, 3.8) is 0 Å². The summed E-state index contributed by atoms with van der Waals surface area (Å²) in [4.78, 5) is 9.46. The summed E-state index contributed by atoms with van der Waals surface area (Å²) < 4.78 is 0. The van der Waals surface area contributed by atoms with E-state index in [1.807, 2.05) is 12.3 Å². The summed E-state index contributed by atoms with van der Waals surface area (Å²) in [6, 6.07) is 15.0. The summed E-state index contributed by atoms with van der Waals surface area (Å²) in [6.07, 6.45) is 1.87. The third-order valence-electron chi connectivity index (χ3n) is 4.22. The van der Waals surface area contributed by atoms with Crippen LogP contribution in [0.2, 0.25) is 0 Å². The molecule has 3 heteroatoms. The molecule has 0 saturated carbocycles. The van der Waals surface area contributed by atoms with Gasteiger partial charge in [-0.05, 0) is 24.1 Å². The van der Waals surface area contributed by atoms with Crippen LogP contribution >= 0.6 is 0 Å². The Kier molecular flexibility index (Phi) is 4.63. The zero-order valence-electron chi connectivity index (χ0n) is 12.7. The zero-order valence-corrected chi connectivity index (χ0v) is 12.7. The van der Waals surface area contributed by atoms with Crippen molar-refractivity contribution < 1.29 is 0 Å². The first kappa shape index (κ1) is 14.2. The lowest BCUT2D eigenvalue weighted by atomic mass is 10.1. The molecule has 3 nitrogen and oxygen atoms in total. The van der Waals surface area contributed by atoms with Crippen molar-refractivity contribution in [3.8, 4) is 0 Å². The molecule has 0 bridgehead atoms. The lowest BCUT2D eigenvalue weighted by molar-refractivity contribution is 0.122. The highest BCUT2D eigenvalue weighted by Crippen LogP contribution is 2.12. The number of piperazine rings is 1. The molecule has 0 aliphatic carbocycles. The molecule has 0 radical (unpaired) electrons. The van der Waals surface area contributed by atoms with Gasteiger partial charge in [-0.3, -0.25) is 14.8 Å². The fraction of sp³-hybridized carbons (Fsp3) is 0.389. The monoisotopic (exact) mass is 281 g/mol. The van der Waals surface area contributed by atoms with Crippen molar-refractivity contribution in [2.75, 3.05) is 26.2 Å². The van der Waals surface area contributed by atoms with Crippen LogP contribution in [0.3, 0.4) is 0 Å². The van der Waals surface area contributed by atoms with Crippen molar-refractivity contribution in [2.45, 2.75) is 20.0 Å². The van der Waals surface area contributed by atoms with Gasteiger partial charge in [0.2, 0.25) is 0 Å². The first-order valence-corrected chi connectivity index (χ1v) is 7.70. The van der Waals surface area contributed by atoms with Gasteiger partial charge in [-0.1, -0.05) is 36.4 Å². The summed E-state index contributed by atoms with van der Waals surface area (Å²) in [5.74, 6) is 0. The third-order valence-corrected chi connectivity index (χ3v) is 4.22. The molecular formula is C18H23N3. The molecule has 1 saturated heterocycles. The molecule has 0 N–H and O–H groups in total. The number of benzene rings is 1. The number of rotatable bonds is 4. The van der Waals surface area contributed by atoms with Crippen LogP contribution in [-0.2, 0) is 13.1 Å². The third kappa shape index (κ3) is 3.90. The van der Waals surface area contributed by atoms with Gasteiger partial charge in [0, 0.05) is 51.2 Å². The van der Waals surface area contributed by atoms with Gasteiger partial charge in [-0.2, -0.15) is 0 Å². The molecule has 21 heavy (non-hydrogen) atoms. The van der Waals surface area contributed by atoms with Crippen LogP contribution in [0.5, 0.6) is 0 Å². The van der Waals surface area contributed by atoms with E-state index in [9.17, 15) is 0 Å². The Hall–Kier alpha value is -1.71. The maximum Gasteiger partial charge on any atom is 0.0417 e. The van der Waals surface area contributed by atoms with Crippen molar-refractivity contribution in [3.05, 3.63) is 65.5 Å². The standard InChI is InChI=1S/C18H23N3/c1-16-18(8-5-9-19-16)15-21-12-10-20(11-13-21)14-17-6-3-2-4-7-17/h2-9H,10-15H2,1H3. The first-order valence-electron chi connectivity index (χ1n) is 7.70. The van der Waals surface area contributed by atoms with Crippen LogP contribution in [0.25, 0.3) is 0 Å². The van der Waals surface area contributed by atoms with Crippen molar-refractivity contribution in [1.29, 1.82) is 0 Å². The van der Waals surface area contributed by atoms with Crippen LogP contribution in [0.4, 0.5) is 0 Å². The number of pyridine rings is 1. The lowest BCUT2D eigenvalue weighted by Crippen LogP contribution is -2.45. The molecule has 0 atom stereocenters. The average Bonchev–Trinajstić information content (AvgIpc) is 2.52. The summed E-state index contributed by atoms with van der Waals surface area (Å²) in [6.45, 7) is 8.77. The molecule has 2 heterocycles. The zero-order chi connectivity index (χ0) is 14.5. The molecule has 1 aromatic heterocycles. The second-order valence-electron chi connectivity index (χ2n) is 5.79. The van der Waals surface area contributed by atoms with E-state index in [1.165, 1.54) is 11.1 Å².